The number of rotatable bonds is 3. The zero-order valence-corrected chi connectivity index (χ0v) is 6.74. The topological polar surface area (TPSA) is 66.9 Å². The van der Waals surface area contributed by atoms with Gasteiger partial charge in [-0.25, -0.2) is 4.98 Å². The zero-order valence-electron chi connectivity index (χ0n) is 6.74. The van der Waals surface area contributed by atoms with Gasteiger partial charge < -0.3 is 10.6 Å². The predicted octanol–water partition coefficient (Wildman–Crippen LogP) is -0.366. The third-order valence-corrected chi connectivity index (χ3v) is 1.27. The molecule has 0 aliphatic carbocycles. The number of anilines is 1. The Morgan fingerprint density at radius 2 is 2.42 bits per heavy atom. The summed E-state index contributed by atoms with van der Waals surface area (Å²) in [6.07, 6.45) is 4.69. The van der Waals surface area contributed by atoms with Crippen LogP contribution in [0.1, 0.15) is 0 Å². The molecule has 5 nitrogen and oxygen atoms in total. The van der Waals surface area contributed by atoms with Gasteiger partial charge in [-0.1, -0.05) is 0 Å². The number of hydrogen-bond acceptors (Lipinski definition) is 4. The highest BCUT2D eigenvalue weighted by Crippen LogP contribution is 1.94. The van der Waals surface area contributed by atoms with E-state index in [-0.39, 0.29) is 12.5 Å². The zero-order chi connectivity index (χ0) is 8.81. The molecule has 12 heavy (non-hydrogen) atoms. The molecule has 0 aromatic carbocycles. The number of nitrogens with zero attached hydrogens (tertiary/aromatic N) is 2. The molecule has 0 fully saturated rings. The lowest BCUT2D eigenvalue weighted by Gasteiger charge is -2.02. The second-order valence-electron chi connectivity index (χ2n) is 2.12. The summed E-state index contributed by atoms with van der Waals surface area (Å²) in [4.78, 5) is 18.5. The van der Waals surface area contributed by atoms with Gasteiger partial charge in [0.2, 0.25) is 5.91 Å². The molecule has 1 aromatic rings. The molecule has 5 heteroatoms. The molecule has 1 rings (SSSR count). The molecule has 0 saturated carbocycles. The lowest BCUT2D eigenvalue weighted by Crippen LogP contribution is -2.26. The van der Waals surface area contributed by atoms with Crippen LogP contribution in [-0.4, -0.2) is 29.5 Å². The van der Waals surface area contributed by atoms with Gasteiger partial charge in [0.1, 0.15) is 5.82 Å². The van der Waals surface area contributed by atoms with E-state index in [0.29, 0.717) is 5.82 Å². The number of aromatic nitrogens is 2. The molecule has 64 valence electrons. The van der Waals surface area contributed by atoms with Crippen LogP contribution in [-0.2, 0) is 4.79 Å². The van der Waals surface area contributed by atoms with Crippen molar-refractivity contribution in [3.8, 4) is 0 Å². The van der Waals surface area contributed by atoms with E-state index >= 15 is 0 Å². The second kappa shape index (κ2) is 4.27. The highest BCUT2D eigenvalue weighted by atomic mass is 16.1. The fourth-order valence-corrected chi connectivity index (χ4v) is 0.650. The summed E-state index contributed by atoms with van der Waals surface area (Å²) in [6.45, 7) is 0.217. The third-order valence-electron chi connectivity index (χ3n) is 1.27. The van der Waals surface area contributed by atoms with E-state index in [1.165, 1.54) is 0 Å². The Kier molecular flexibility index (Phi) is 3.01. The molecular weight excluding hydrogens is 156 g/mol. The highest BCUT2D eigenvalue weighted by Gasteiger charge is 1.96. The fraction of sp³-hybridized carbons (Fsp3) is 0.286. The minimum absolute atomic E-state index is 0.0827. The van der Waals surface area contributed by atoms with Crippen LogP contribution in [0.4, 0.5) is 5.82 Å². The fourth-order valence-electron chi connectivity index (χ4n) is 0.650. The number of carbonyl (C=O) groups is 1. The molecule has 1 heterocycles. The first-order valence-corrected chi connectivity index (χ1v) is 3.53. The summed E-state index contributed by atoms with van der Waals surface area (Å²) in [5.74, 6) is 0.516. The average Bonchev–Trinajstić information content (AvgIpc) is 2.16. The summed E-state index contributed by atoms with van der Waals surface area (Å²) in [5.41, 5.74) is 0. The SMILES string of the molecule is CNC(=O)CNc1cnccn1. The molecule has 0 aliphatic rings. The monoisotopic (exact) mass is 166 g/mol. The van der Waals surface area contributed by atoms with Gasteiger partial charge >= 0.3 is 0 Å². The molecule has 1 amide bonds. The van der Waals surface area contributed by atoms with Gasteiger partial charge in [-0.2, -0.15) is 0 Å². The van der Waals surface area contributed by atoms with E-state index in [9.17, 15) is 4.79 Å². The summed E-state index contributed by atoms with van der Waals surface area (Å²) in [6, 6.07) is 0. The Hall–Kier alpha value is -1.65. The Bertz CT molecular complexity index is 249. The van der Waals surface area contributed by atoms with Crippen LogP contribution < -0.4 is 10.6 Å². The summed E-state index contributed by atoms with van der Waals surface area (Å²) in [5, 5.41) is 5.30. The lowest BCUT2D eigenvalue weighted by molar-refractivity contribution is -0.118. The van der Waals surface area contributed by atoms with Crippen molar-refractivity contribution in [1.82, 2.24) is 15.3 Å². The van der Waals surface area contributed by atoms with Gasteiger partial charge in [-0.05, 0) is 0 Å². The van der Waals surface area contributed by atoms with Crippen molar-refractivity contribution in [1.29, 1.82) is 0 Å². The van der Waals surface area contributed by atoms with Crippen molar-refractivity contribution in [2.75, 3.05) is 18.9 Å². The van der Waals surface area contributed by atoms with Gasteiger partial charge in [-0.3, -0.25) is 9.78 Å². The van der Waals surface area contributed by atoms with Crippen molar-refractivity contribution in [2.45, 2.75) is 0 Å². The van der Waals surface area contributed by atoms with E-state index in [0.717, 1.165) is 0 Å². The molecule has 0 spiro atoms. The van der Waals surface area contributed by atoms with Crippen molar-refractivity contribution in [3.05, 3.63) is 18.6 Å². The molecule has 0 unspecified atom stereocenters. The number of likely N-dealkylation sites (N-methyl/N-ethyl adjacent to an activating group) is 1. The lowest BCUT2D eigenvalue weighted by atomic mass is 10.5. The molecule has 0 atom stereocenters. The maximum atomic E-state index is 10.8. The summed E-state index contributed by atoms with van der Waals surface area (Å²) >= 11 is 0. The van der Waals surface area contributed by atoms with Gasteiger partial charge in [0, 0.05) is 19.4 Å². The maximum absolute atomic E-state index is 10.8. The second-order valence-corrected chi connectivity index (χ2v) is 2.12. The molecule has 0 radical (unpaired) electrons. The van der Waals surface area contributed by atoms with Crippen LogP contribution >= 0.6 is 0 Å². The Morgan fingerprint density at radius 3 is 3.00 bits per heavy atom. The highest BCUT2D eigenvalue weighted by molar-refractivity contribution is 5.79. The number of carbonyl (C=O) groups excluding carboxylic acids is 1. The van der Waals surface area contributed by atoms with Crippen molar-refractivity contribution in [2.24, 2.45) is 0 Å². The molecule has 1 aromatic heterocycles. The Balaban J connectivity index is 2.38. The van der Waals surface area contributed by atoms with Crippen molar-refractivity contribution in [3.63, 3.8) is 0 Å². The molecule has 2 N–H and O–H groups in total. The quantitative estimate of drug-likeness (QED) is 0.643. The predicted molar refractivity (Wildman–Crippen MR) is 44.6 cm³/mol. The number of amides is 1. The number of hydrogen-bond donors (Lipinski definition) is 2. The summed E-state index contributed by atoms with van der Waals surface area (Å²) in [7, 11) is 1.58. The van der Waals surface area contributed by atoms with Gasteiger partial charge in [0.05, 0.1) is 12.7 Å². The van der Waals surface area contributed by atoms with Crippen LogP contribution in [0.25, 0.3) is 0 Å². The normalized spacial score (nSPS) is 9.08. The Labute approximate surface area is 70.2 Å². The smallest absolute Gasteiger partial charge is 0.239 e. The average molecular weight is 166 g/mol. The van der Waals surface area contributed by atoms with Crippen LogP contribution in [0, 0.1) is 0 Å². The van der Waals surface area contributed by atoms with E-state index in [2.05, 4.69) is 20.6 Å². The van der Waals surface area contributed by atoms with E-state index in [4.69, 9.17) is 0 Å². The standard InChI is InChI=1S/C7H10N4O/c1-8-7(12)5-11-6-4-9-2-3-10-6/h2-4H,5H2,1H3,(H,8,12)(H,10,11). The first-order chi connectivity index (χ1) is 5.83. The molecule has 0 bridgehead atoms. The first-order valence-electron chi connectivity index (χ1n) is 3.53. The molecular formula is C7H10N4O. The van der Waals surface area contributed by atoms with Gasteiger partial charge in [0.25, 0.3) is 0 Å². The van der Waals surface area contributed by atoms with E-state index in [1.54, 1.807) is 25.6 Å². The summed E-state index contributed by atoms with van der Waals surface area (Å²) < 4.78 is 0. The number of nitrogens with one attached hydrogen (secondary N) is 2. The van der Waals surface area contributed by atoms with E-state index in [1.807, 2.05) is 0 Å². The first kappa shape index (κ1) is 8.45. The minimum Gasteiger partial charge on any atom is -0.360 e. The van der Waals surface area contributed by atoms with Gasteiger partial charge in [0.15, 0.2) is 0 Å². The van der Waals surface area contributed by atoms with E-state index < -0.39 is 0 Å². The minimum atomic E-state index is -0.0827. The maximum Gasteiger partial charge on any atom is 0.239 e. The largest absolute Gasteiger partial charge is 0.360 e. The molecule has 0 saturated heterocycles. The Morgan fingerprint density at radius 1 is 1.58 bits per heavy atom. The van der Waals surface area contributed by atoms with Crippen LogP contribution in [0.2, 0.25) is 0 Å². The van der Waals surface area contributed by atoms with Crippen molar-refractivity contribution < 1.29 is 4.79 Å². The van der Waals surface area contributed by atoms with Gasteiger partial charge in [-0.15, -0.1) is 0 Å². The van der Waals surface area contributed by atoms with Crippen LogP contribution in [0.3, 0.4) is 0 Å². The van der Waals surface area contributed by atoms with Crippen LogP contribution in [0.5, 0.6) is 0 Å². The van der Waals surface area contributed by atoms with Crippen LogP contribution in [0.15, 0.2) is 18.6 Å². The van der Waals surface area contributed by atoms with Crippen molar-refractivity contribution >= 4 is 11.7 Å². The third kappa shape index (κ3) is 2.53. The molecule has 0 aliphatic heterocycles.